The van der Waals surface area contributed by atoms with Crippen LogP contribution in [0.25, 0.3) is 22.6 Å². The standard InChI is InChI=1S/C27H21F6N5O2/c1-35-11-9-20(34)18-13-17(7-8-19(18)26(28,29)30)25(40)37-24-22(15-5-3-2-4-6-15)36-21-14-16(10-12-38(21)24)23(39)27(31,32)33/h2-14,23,39H,34H2,1H3,(H,37,40). The van der Waals surface area contributed by atoms with E-state index in [4.69, 9.17) is 5.73 Å². The molecule has 4 rings (SSSR count). The molecule has 1 amide bonds. The number of carbonyl (C=O) groups excluding carboxylic acids is 1. The van der Waals surface area contributed by atoms with E-state index in [1.807, 2.05) is 0 Å². The molecule has 4 aromatic rings. The zero-order chi connectivity index (χ0) is 29.2. The number of aliphatic hydroxyl groups excluding tert-OH is 1. The Labute approximate surface area is 223 Å². The molecule has 13 heteroatoms. The molecule has 7 nitrogen and oxygen atoms in total. The number of nitrogens with zero attached hydrogens (tertiary/aromatic N) is 3. The number of nitrogens with two attached hydrogens (primary N) is 1. The zero-order valence-electron chi connectivity index (χ0n) is 20.6. The molecule has 2 aromatic carbocycles. The van der Waals surface area contributed by atoms with Crippen molar-refractivity contribution in [3.05, 3.63) is 95.2 Å². The smallest absolute Gasteiger partial charge is 0.398 e. The molecular weight excluding hydrogens is 540 g/mol. The number of alkyl halides is 6. The second kappa shape index (κ2) is 10.8. The quantitative estimate of drug-likeness (QED) is 0.202. The molecule has 2 heterocycles. The normalized spacial score (nSPS) is 13.7. The number of benzene rings is 2. The molecule has 0 spiro atoms. The summed E-state index contributed by atoms with van der Waals surface area (Å²) in [5, 5.41) is 12.3. The second-order valence-electron chi connectivity index (χ2n) is 8.55. The summed E-state index contributed by atoms with van der Waals surface area (Å²) in [6.45, 7) is 0. The van der Waals surface area contributed by atoms with Gasteiger partial charge in [0.1, 0.15) is 17.2 Å². The first-order chi connectivity index (χ1) is 18.8. The monoisotopic (exact) mass is 561 g/mol. The van der Waals surface area contributed by atoms with Gasteiger partial charge in [0.2, 0.25) is 0 Å². The Morgan fingerprint density at radius 1 is 1.07 bits per heavy atom. The van der Waals surface area contributed by atoms with Crippen molar-refractivity contribution < 1.29 is 36.2 Å². The average molecular weight is 561 g/mol. The van der Waals surface area contributed by atoms with Gasteiger partial charge in [-0.15, -0.1) is 0 Å². The Hall–Kier alpha value is -4.65. The fraction of sp³-hybridized carbons (Fsp3) is 0.148. The first-order valence-electron chi connectivity index (χ1n) is 11.5. The molecule has 1 atom stereocenters. The number of aliphatic hydroxyl groups is 1. The number of fused-ring (bicyclic) bond motifs is 1. The van der Waals surface area contributed by atoms with Crippen molar-refractivity contribution in [3.8, 4) is 11.3 Å². The summed E-state index contributed by atoms with van der Waals surface area (Å²) in [5.74, 6) is -0.785. The van der Waals surface area contributed by atoms with Crippen molar-refractivity contribution in [2.75, 3.05) is 12.4 Å². The highest BCUT2D eigenvalue weighted by Gasteiger charge is 2.39. The van der Waals surface area contributed by atoms with Crippen molar-refractivity contribution in [2.24, 2.45) is 10.7 Å². The van der Waals surface area contributed by atoms with Crippen LogP contribution in [0.2, 0.25) is 0 Å². The molecule has 0 aliphatic rings. The first-order valence-corrected chi connectivity index (χ1v) is 11.5. The lowest BCUT2D eigenvalue weighted by Gasteiger charge is -2.16. The fourth-order valence-corrected chi connectivity index (χ4v) is 3.93. The van der Waals surface area contributed by atoms with Crippen LogP contribution in [0.15, 0.2) is 77.9 Å². The number of aliphatic imine (C=N–C) groups is 1. The molecule has 0 saturated heterocycles. The van der Waals surface area contributed by atoms with Crippen LogP contribution in [0.5, 0.6) is 0 Å². The van der Waals surface area contributed by atoms with Crippen LogP contribution in [0.3, 0.4) is 0 Å². The number of allylic oxidation sites excluding steroid dienone is 1. The van der Waals surface area contributed by atoms with E-state index in [2.05, 4.69) is 15.3 Å². The molecule has 0 radical (unpaired) electrons. The van der Waals surface area contributed by atoms with Gasteiger partial charge < -0.3 is 16.2 Å². The van der Waals surface area contributed by atoms with Crippen LogP contribution in [-0.4, -0.2) is 39.8 Å². The second-order valence-corrected chi connectivity index (χ2v) is 8.55. The highest BCUT2D eigenvalue weighted by molar-refractivity contribution is 6.06. The summed E-state index contributed by atoms with van der Waals surface area (Å²) >= 11 is 0. The fourth-order valence-electron chi connectivity index (χ4n) is 3.93. The highest BCUT2D eigenvalue weighted by atomic mass is 19.4. The number of hydrogen-bond acceptors (Lipinski definition) is 5. The van der Waals surface area contributed by atoms with E-state index < -0.39 is 41.1 Å². The van der Waals surface area contributed by atoms with Gasteiger partial charge in [-0.05, 0) is 42.0 Å². The Morgan fingerprint density at radius 2 is 1.77 bits per heavy atom. The Morgan fingerprint density at radius 3 is 2.40 bits per heavy atom. The van der Waals surface area contributed by atoms with E-state index in [0.717, 1.165) is 36.4 Å². The molecule has 1 unspecified atom stereocenters. The van der Waals surface area contributed by atoms with Crippen molar-refractivity contribution >= 4 is 29.3 Å². The van der Waals surface area contributed by atoms with E-state index in [1.165, 1.54) is 23.9 Å². The van der Waals surface area contributed by atoms with Crippen molar-refractivity contribution in [1.29, 1.82) is 0 Å². The summed E-state index contributed by atoms with van der Waals surface area (Å²) in [5.41, 5.74) is 4.10. The van der Waals surface area contributed by atoms with Gasteiger partial charge >= 0.3 is 12.4 Å². The minimum Gasteiger partial charge on any atom is -0.398 e. The Kier molecular flexibility index (Phi) is 7.69. The SMILES string of the molecule is CN=CC=C(N)c1cc(C(=O)Nc2c(-c3ccccc3)nc3cc(C(O)C(F)(F)F)ccn23)ccc1C(F)(F)F. The van der Waals surface area contributed by atoms with Crippen LogP contribution < -0.4 is 11.1 Å². The summed E-state index contributed by atoms with van der Waals surface area (Å²) in [4.78, 5) is 21.3. The molecule has 0 saturated carbocycles. The Bertz CT molecular complexity index is 1610. The number of amides is 1. The summed E-state index contributed by atoms with van der Waals surface area (Å²) in [6, 6.07) is 13.1. The molecule has 208 valence electrons. The topological polar surface area (TPSA) is 105 Å². The van der Waals surface area contributed by atoms with Gasteiger partial charge in [0.25, 0.3) is 5.91 Å². The first kappa shape index (κ1) is 28.4. The van der Waals surface area contributed by atoms with E-state index in [9.17, 15) is 36.2 Å². The van der Waals surface area contributed by atoms with E-state index in [1.54, 1.807) is 30.3 Å². The van der Waals surface area contributed by atoms with Crippen LogP contribution in [0, 0.1) is 0 Å². The van der Waals surface area contributed by atoms with Gasteiger partial charge in [0.15, 0.2) is 6.10 Å². The largest absolute Gasteiger partial charge is 0.418 e. The maximum Gasteiger partial charge on any atom is 0.418 e. The summed E-state index contributed by atoms with van der Waals surface area (Å²) in [6.07, 6.45) is -8.86. The van der Waals surface area contributed by atoms with Crippen molar-refractivity contribution in [2.45, 2.75) is 18.5 Å². The third-order valence-electron chi connectivity index (χ3n) is 5.86. The summed E-state index contributed by atoms with van der Waals surface area (Å²) < 4.78 is 81.4. The third-order valence-corrected chi connectivity index (χ3v) is 5.86. The molecule has 0 aliphatic heterocycles. The lowest BCUT2D eigenvalue weighted by molar-refractivity contribution is -0.206. The molecule has 4 N–H and O–H groups in total. The van der Waals surface area contributed by atoms with Gasteiger partial charge in [-0.2, -0.15) is 26.3 Å². The van der Waals surface area contributed by atoms with Crippen LogP contribution in [-0.2, 0) is 6.18 Å². The minimum atomic E-state index is -4.91. The van der Waals surface area contributed by atoms with Gasteiger partial charge in [-0.1, -0.05) is 30.3 Å². The lowest BCUT2D eigenvalue weighted by Crippen LogP contribution is -2.20. The number of anilines is 1. The highest BCUT2D eigenvalue weighted by Crippen LogP contribution is 2.36. The number of halogens is 6. The number of pyridine rings is 1. The van der Waals surface area contributed by atoms with Crippen LogP contribution >= 0.6 is 0 Å². The average Bonchev–Trinajstić information content (AvgIpc) is 3.27. The molecule has 2 aromatic heterocycles. The molecule has 0 fully saturated rings. The van der Waals surface area contributed by atoms with E-state index >= 15 is 0 Å². The zero-order valence-corrected chi connectivity index (χ0v) is 20.6. The van der Waals surface area contributed by atoms with E-state index in [-0.39, 0.29) is 28.4 Å². The third kappa shape index (κ3) is 5.83. The van der Waals surface area contributed by atoms with Crippen LogP contribution in [0.1, 0.15) is 33.2 Å². The molecule has 0 aliphatic carbocycles. The number of imidazole rings is 1. The lowest BCUT2D eigenvalue weighted by atomic mass is 10.00. The van der Waals surface area contributed by atoms with E-state index in [0.29, 0.717) is 5.56 Å². The summed E-state index contributed by atoms with van der Waals surface area (Å²) in [7, 11) is 1.41. The molecular formula is C27H21F6N5O2. The number of rotatable bonds is 6. The van der Waals surface area contributed by atoms with Crippen molar-refractivity contribution in [3.63, 3.8) is 0 Å². The predicted molar refractivity (Wildman–Crippen MR) is 138 cm³/mol. The molecule has 40 heavy (non-hydrogen) atoms. The van der Waals surface area contributed by atoms with Gasteiger partial charge in [0, 0.05) is 41.8 Å². The van der Waals surface area contributed by atoms with Gasteiger partial charge in [-0.25, -0.2) is 4.98 Å². The Balaban J connectivity index is 1.81. The van der Waals surface area contributed by atoms with Gasteiger partial charge in [0.05, 0.1) is 5.56 Å². The predicted octanol–water partition coefficient (Wildman–Crippen LogP) is 5.87. The number of aromatic nitrogens is 2. The number of nitrogens with one attached hydrogen (secondary N) is 1. The number of hydrogen-bond donors (Lipinski definition) is 3. The molecule has 0 bridgehead atoms. The minimum absolute atomic E-state index is 0.0194. The maximum atomic E-state index is 13.6. The number of carbonyl (C=O) groups is 1. The van der Waals surface area contributed by atoms with Crippen molar-refractivity contribution in [1.82, 2.24) is 9.38 Å². The van der Waals surface area contributed by atoms with Crippen LogP contribution in [0.4, 0.5) is 32.2 Å². The maximum absolute atomic E-state index is 13.6. The van der Waals surface area contributed by atoms with Gasteiger partial charge in [-0.3, -0.25) is 14.2 Å².